The Kier molecular flexibility index (Phi) is 6.26. The number of rotatable bonds is 7. The third-order valence-electron chi connectivity index (χ3n) is 4.60. The van der Waals surface area contributed by atoms with E-state index in [1.165, 1.54) is 42.4 Å². The molecule has 2 aromatic carbocycles. The van der Waals surface area contributed by atoms with E-state index >= 15 is 0 Å². The van der Waals surface area contributed by atoms with Gasteiger partial charge in [-0.05, 0) is 33.7 Å². The minimum absolute atomic E-state index is 0.0291. The Morgan fingerprint density at radius 2 is 1.91 bits per heavy atom. The molecule has 1 amide bonds. The zero-order valence-electron chi connectivity index (χ0n) is 16.8. The molecule has 32 heavy (non-hydrogen) atoms. The second kappa shape index (κ2) is 9.43. The smallest absolute Gasteiger partial charge is 0.358 e. The van der Waals surface area contributed by atoms with Crippen molar-refractivity contribution in [3.05, 3.63) is 78.0 Å². The SMILES string of the molecule is COC(=O)c1nc(NC(=O)[C@@H](Cc2ccccc2)n2cnnn2)sc1-c1ccc(F)cc1. The summed E-state index contributed by atoms with van der Waals surface area (Å²) in [5, 5.41) is 14.0. The number of hydrogen-bond acceptors (Lipinski definition) is 8. The molecule has 1 atom stereocenters. The van der Waals surface area contributed by atoms with E-state index in [2.05, 4.69) is 25.8 Å². The molecular weight excluding hydrogens is 435 g/mol. The highest BCUT2D eigenvalue weighted by atomic mass is 32.1. The fourth-order valence-electron chi connectivity index (χ4n) is 3.05. The summed E-state index contributed by atoms with van der Waals surface area (Å²) in [5.41, 5.74) is 1.53. The molecule has 1 N–H and O–H groups in total. The van der Waals surface area contributed by atoms with Crippen molar-refractivity contribution >= 4 is 28.3 Å². The van der Waals surface area contributed by atoms with Crippen molar-refractivity contribution in [1.29, 1.82) is 0 Å². The van der Waals surface area contributed by atoms with Gasteiger partial charge in [0.25, 0.3) is 5.91 Å². The lowest BCUT2D eigenvalue weighted by molar-refractivity contribution is -0.119. The van der Waals surface area contributed by atoms with Crippen LogP contribution in [-0.2, 0) is 16.0 Å². The largest absolute Gasteiger partial charge is 0.464 e. The number of carbonyl (C=O) groups is 2. The summed E-state index contributed by atoms with van der Waals surface area (Å²) in [4.78, 5) is 30.1. The number of nitrogens with zero attached hydrogens (tertiary/aromatic N) is 5. The molecule has 2 heterocycles. The number of tetrazole rings is 1. The predicted molar refractivity (Wildman–Crippen MR) is 114 cm³/mol. The van der Waals surface area contributed by atoms with Crippen LogP contribution in [0.25, 0.3) is 10.4 Å². The molecule has 4 rings (SSSR count). The first-order valence-electron chi connectivity index (χ1n) is 9.47. The second-order valence-corrected chi connectivity index (χ2v) is 7.68. The van der Waals surface area contributed by atoms with E-state index in [1.807, 2.05) is 30.3 Å². The normalized spacial score (nSPS) is 11.7. The van der Waals surface area contributed by atoms with Crippen LogP contribution >= 0.6 is 11.3 Å². The molecule has 0 aliphatic rings. The molecule has 162 valence electrons. The highest BCUT2D eigenvalue weighted by Crippen LogP contribution is 2.34. The van der Waals surface area contributed by atoms with Crippen molar-refractivity contribution in [3.63, 3.8) is 0 Å². The zero-order valence-corrected chi connectivity index (χ0v) is 17.6. The van der Waals surface area contributed by atoms with Gasteiger partial charge in [-0.25, -0.2) is 18.9 Å². The number of nitrogens with one attached hydrogen (secondary N) is 1. The molecule has 0 aliphatic heterocycles. The first kappa shape index (κ1) is 21.2. The zero-order chi connectivity index (χ0) is 22.5. The third kappa shape index (κ3) is 4.67. The quantitative estimate of drug-likeness (QED) is 0.429. The first-order chi connectivity index (χ1) is 15.5. The van der Waals surface area contributed by atoms with Crippen LogP contribution in [0.4, 0.5) is 9.52 Å². The highest BCUT2D eigenvalue weighted by Gasteiger charge is 2.26. The maximum absolute atomic E-state index is 13.3. The number of halogens is 1. The molecule has 0 saturated heterocycles. The molecule has 0 aliphatic carbocycles. The van der Waals surface area contributed by atoms with Crippen LogP contribution in [0.5, 0.6) is 0 Å². The number of methoxy groups -OCH3 is 1. The monoisotopic (exact) mass is 452 g/mol. The Bertz CT molecular complexity index is 1210. The average molecular weight is 452 g/mol. The first-order valence-corrected chi connectivity index (χ1v) is 10.3. The molecule has 0 unspecified atom stereocenters. The van der Waals surface area contributed by atoms with Crippen molar-refractivity contribution in [1.82, 2.24) is 25.2 Å². The van der Waals surface area contributed by atoms with Crippen molar-refractivity contribution in [2.45, 2.75) is 12.5 Å². The van der Waals surface area contributed by atoms with Gasteiger partial charge in [0.2, 0.25) is 0 Å². The van der Waals surface area contributed by atoms with Gasteiger partial charge in [0, 0.05) is 6.42 Å². The molecule has 0 spiro atoms. The topological polar surface area (TPSA) is 112 Å². The van der Waals surface area contributed by atoms with E-state index in [0.29, 0.717) is 16.9 Å². The minimum Gasteiger partial charge on any atom is -0.464 e. The van der Waals surface area contributed by atoms with Gasteiger partial charge in [-0.2, -0.15) is 0 Å². The summed E-state index contributed by atoms with van der Waals surface area (Å²) < 4.78 is 19.5. The lowest BCUT2D eigenvalue weighted by Gasteiger charge is -2.15. The maximum Gasteiger partial charge on any atom is 0.358 e. The van der Waals surface area contributed by atoms with Gasteiger partial charge < -0.3 is 10.1 Å². The summed E-state index contributed by atoms with van der Waals surface area (Å²) in [6.07, 6.45) is 1.70. The maximum atomic E-state index is 13.3. The minimum atomic E-state index is -0.743. The van der Waals surface area contributed by atoms with E-state index in [4.69, 9.17) is 4.74 Å². The van der Waals surface area contributed by atoms with Gasteiger partial charge in [-0.3, -0.25) is 4.79 Å². The van der Waals surface area contributed by atoms with Crippen LogP contribution in [-0.4, -0.2) is 44.2 Å². The van der Waals surface area contributed by atoms with E-state index < -0.39 is 23.7 Å². The van der Waals surface area contributed by atoms with Gasteiger partial charge in [0.05, 0.1) is 12.0 Å². The molecular formula is C21H17FN6O3S. The molecule has 9 nitrogen and oxygen atoms in total. The number of thiazole rings is 1. The average Bonchev–Trinajstić information content (AvgIpc) is 3.48. The van der Waals surface area contributed by atoms with Crippen LogP contribution < -0.4 is 5.32 Å². The number of aromatic nitrogens is 5. The Balaban J connectivity index is 1.63. The van der Waals surface area contributed by atoms with E-state index in [0.717, 1.165) is 16.9 Å². The number of carbonyl (C=O) groups excluding carboxylic acids is 2. The van der Waals surface area contributed by atoms with Crippen LogP contribution in [0.2, 0.25) is 0 Å². The number of anilines is 1. The van der Waals surface area contributed by atoms with Gasteiger partial charge in [-0.15, -0.1) is 5.10 Å². The summed E-state index contributed by atoms with van der Waals surface area (Å²) in [6.45, 7) is 0. The summed E-state index contributed by atoms with van der Waals surface area (Å²) in [7, 11) is 1.24. The summed E-state index contributed by atoms with van der Waals surface area (Å²) in [5.74, 6) is -1.48. The van der Waals surface area contributed by atoms with E-state index in [1.54, 1.807) is 0 Å². The van der Waals surface area contributed by atoms with Gasteiger partial charge in [-0.1, -0.05) is 53.8 Å². The van der Waals surface area contributed by atoms with Gasteiger partial charge in [0.1, 0.15) is 18.2 Å². The molecule has 0 fully saturated rings. The predicted octanol–water partition coefficient (Wildman–Crippen LogP) is 3.14. The molecule has 0 radical (unpaired) electrons. The van der Waals surface area contributed by atoms with Crippen molar-refractivity contribution in [3.8, 4) is 10.4 Å². The van der Waals surface area contributed by atoms with Crippen LogP contribution in [0.3, 0.4) is 0 Å². The highest BCUT2D eigenvalue weighted by molar-refractivity contribution is 7.19. The van der Waals surface area contributed by atoms with Crippen LogP contribution in [0.15, 0.2) is 60.9 Å². The lowest BCUT2D eigenvalue weighted by atomic mass is 10.1. The van der Waals surface area contributed by atoms with Crippen LogP contribution in [0.1, 0.15) is 22.1 Å². The van der Waals surface area contributed by atoms with Crippen molar-refractivity contribution in [2.24, 2.45) is 0 Å². The van der Waals surface area contributed by atoms with Crippen molar-refractivity contribution in [2.75, 3.05) is 12.4 Å². The van der Waals surface area contributed by atoms with Gasteiger partial charge in [0.15, 0.2) is 10.8 Å². The summed E-state index contributed by atoms with van der Waals surface area (Å²) >= 11 is 1.08. The number of hydrogen-bond donors (Lipinski definition) is 1. The molecule has 2 aromatic heterocycles. The van der Waals surface area contributed by atoms with Gasteiger partial charge >= 0.3 is 5.97 Å². The Labute approximate surface area is 185 Å². The van der Waals surface area contributed by atoms with Crippen LogP contribution in [0, 0.1) is 5.82 Å². The Morgan fingerprint density at radius 1 is 1.16 bits per heavy atom. The number of benzene rings is 2. The van der Waals surface area contributed by atoms with Crippen molar-refractivity contribution < 1.29 is 18.7 Å². The molecule has 0 saturated carbocycles. The number of amides is 1. The lowest BCUT2D eigenvalue weighted by Crippen LogP contribution is -2.28. The second-order valence-electron chi connectivity index (χ2n) is 6.68. The molecule has 4 aromatic rings. The number of esters is 1. The molecule has 11 heteroatoms. The summed E-state index contributed by atoms with van der Waals surface area (Å²) in [6, 6.07) is 14.3. The third-order valence-corrected chi connectivity index (χ3v) is 5.62. The standard InChI is InChI=1S/C21H17FN6O3S/c1-31-20(30)17-18(14-7-9-15(22)10-8-14)32-21(24-17)25-19(29)16(28-12-23-26-27-28)11-13-5-3-2-4-6-13/h2-10,12,16H,11H2,1H3,(H,24,25,29)/t16-/m1/s1. The number of ether oxygens (including phenoxy) is 1. The van der Waals surface area contributed by atoms with E-state index in [9.17, 15) is 14.0 Å². The fourth-order valence-corrected chi connectivity index (χ4v) is 4.01. The fraction of sp³-hybridized carbons (Fsp3) is 0.143. The Hall–Kier alpha value is -3.99. The van der Waals surface area contributed by atoms with E-state index in [-0.39, 0.29) is 10.8 Å². The molecule has 0 bridgehead atoms. The Morgan fingerprint density at radius 3 is 2.56 bits per heavy atom.